The number of imide groups is 1. The zero-order chi connectivity index (χ0) is 17.3. The monoisotopic (exact) mass is 359 g/mol. The second-order valence-electron chi connectivity index (χ2n) is 5.13. The van der Waals surface area contributed by atoms with E-state index in [-0.39, 0.29) is 10.7 Å². The lowest BCUT2D eigenvalue weighted by molar-refractivity contribution is -0.115. The zero-order valence-electron chi connectivity index (χ0n) is 12.6. The fourth-order valence-corrected chi connectivity index (χ4v) is 3.10. The van der Waals surface area contributed by atoms with Crippen molar-refractivity contribution in [2.45, 2.75) is 11.8 Å². The van der Waals surface area contributed by atoms with Gasteiger partial charge in [-0.05, 0) is 66.2 Å². The molecule has 122 valence electrons. The molecule has 0 aliphatic carbocycles. The number of phenolic OH excluding ortho intramolecular Hbond substituents is 1. The molecule has 0 unspecified atom stereocenters. The number of rotatable bonds is 3. The molecule has 1 aliphatic heterocycles. The molecule has 1 saturated heterocycles. The number of carbonyl (C=O) groups is 2. The first kappa shape index (κ1) is 16.5. The van der Waals surface area contributed by atoms with Crippen LogP contribution in [0.5, 0.6) is 17.2 Å². The molecule has 0 bridgehead atoms. The third-order valence-electron chi connectivity index (χ3n) is 3.30. The minimum absolute atomic E-state index is 0.0616. The number of hydrogen-bond acceptors (Lipinski definition) is 6. The minimum atomic E-state index is -0.438. The summed E-state index contributed by atoms with van der Waals surface area (Å²) >= 11 is 5.09. The summed E-state index contributed by atoms with van der Waals surface area (Å²) in [4.78, 5) is 23.8. The highest BCUT2D eigenvalue weighted by Gasteiger charge is 2.25. The van der Waals surface area contributed by atoms with Gasteiger partial charge in [0.15, 0.2) is 11.5 Å². The lowest BCUT2D eigenvalue weighted by Gasteiger charge is -2.11. The second-order valence-corrected chi connectivity index (χ2v) is 6.66. The van der Waals surface area contributed by atoms with E-state index in [1.807, 2.05) is 13.0 Å². The number of amides is 2. The largest absolute Gasteiger partial charge is 0.504 e. The zero-order valence-corrected chi connectivity index (χ0v) is 14.3. The number of aromatic hydroxyl groups is 1. The molecule has 2 aromatic carbocycles. The number of benzene rings is 2. The topological polar surface area (TPSA) is 75.6 Å². The van der Waals surface area contributed by atoms with Crippen molar-refractivity contribution in [3.63, 3.8) is 0 Å². The van der Waals surface area contributed by atoms with Crippen molar-refractivity contribution in [2.24, 2.45) is 0 Å². The molecule has 3 rings (SSSR count). The van der Waals surface area contributed by atoms with Gasteiger partial charge in [-0.25, -0.2) is 0 Å². The quantitative estimate of drug-likeness (QED) is 0.568. The van der Waals surface area contributed by atoms with Crippen molar-refractivity contribution in [3.8, 4) is 17.2 Å². The van der Waals surface area contributed by atoms with Gasteiger partial charge in [0.25, 0.3) is 11.1 Å². The van der Waals surface area contributed by atoms with Crippen molar-refractivity contribution in [3.05, 3.63) is 52.4 Å². The van der Waals surface area contributed by atoms with Gasteiger partial charge in [-0.15, -0.1) is 12.6 Å². The van der Waals surface area contributed by atoms with Gasteiger partial charge in [0.2, 0.25) is 0 Å². The maximum atomic E-state index is 11.5. The number of carbonyl (C=O) groups excluding carboxylic acids is 2. The third-order valence-corrected chi connectivity index (χ3v) is 4.39. The first-order chi connectivity index (χ1) is 11.4. The molecular formula is C17H13NO4S2. The van der Waals surface area contributed by atoms with E-state index in [0.717, 1.165) is 22.2 Å². The second kappa shape index (κ2) is 6.62. The van der Waals surface area contributed by atoms with Crippen LogP contribution in [-0.4, -0.2) is 16.3 Å². The Morgan fingerprint density at radius 3 is 2.54 bits per heavy atom. The van der Waals surface area contributed by atoms with E-state index in [4.69, 9.17) is 4.74 Å². The number of aryl methyl sites for hydroxylation is 1. The van der Waals surface area contributed by atoms with Crippen LogP contribution in [0.1, 0.15) is 11.1 Å². The van der Waals surface area contributed by atoms with Gasteiger partial charge in [-0.2, -0.15) is 0 Å². The fourth-order valence-electron chi connectivity index (χ4n) is 2.15. The smallest absolute Gasteiger partial charge is 0.290 e. The number of ether oxygens (including phenoxy) is 1. The van der Waals surface area contributed by atoms with Crippen molar-refractivity contribution >= 4 is 41.6 Å². The molecule has 0 spiro atoms. The predicted octanol–water partition coefficient (Wildman–Crippen LogP) is 4.11. The average molecular weight is 359 g/mol. The van der Waals surface area contributed by atoms with Crippen molar-refractivity contribution in [1.82, 2.24) is 5.32 Å². The maximum absolute atomic E-state index is 11.5. The Labute approximate surface area is 148 Å². The highest BCUT2D eigenvalue weighted by molar-refractivity contribution is 8.18. The molecule has 1 aliphatic rings. The minimum Gasteiger partial charge on any atom is -0.504 e. The Morgan fingerprint density at radius 1 is 1.17 bits per heavy atom. The summed E-state index contributed by atoms with van der Waals surface area (Å²) in [6.45, 7) is 1.89. The Morgan fingerprint density at radius 2 is 1.92 bits per heavy atom. The maximum Gasteiger partial charge on any atom is 0.290 e. The van der Waals surface area contributed by atoms with Crippen LogP contribution in [0.4, 0.5) is 4.79 Å². The normalized spacial score (nSPS) is 15.7. The molecule has 0 atom stereocenters. The standard InChI is InChI=1S/C17H13NO4S2/c1-9-6-11(23)3-5-13(9)22-14-4-2-10(7-12(14)19)8-15-16(20)18-17(21)24-15/h2-8,19,23H,1H3,(H,18,20,21)/b15-8-. The molecule has 7 heteroatoms. The van der Waals surface area contributed by atoms with E-state index in [9.17, 15) is 14.7 Å². The van der Waals surface area contributed by atoms with Crippen LogP contribution < -0.4 is 10.1 Å². The molecule has 0 saturated carbocycles. The van der Waals surface area contributed by atoms with E-state index in [1.54, 1.807) is 24.3 Å². The molecule has 5 nitrogen and oxygen atoms in total. The lowest BCUT2D eigenvalue weighted by Crippen LogP contribution is -2.17. The van der Waals surface area contributed by atoms with Gasteiger partial charge in [-0.3, -0.25) is 14.9 Å². The van der Waals surface area contributed by atoms with E-state index in [2.05, 4.69) is 17.9 Å². The van der Waals surface area contributed by atoms with Gasteiger partial charge < -0.3 is 9.84 Å². The molecule has 2 aromatic rings. The first-order valence-corrected chi connectivity index (χ1v) is 8.24. The van der Waals surface area contributed by atoms with Gasteiger partial charge in [0.05, 0.1) is 4.91 Å². The lowest BCUT2D eigenvalue weighted by atomic mass is 10.1. The van der Waals surface area contributed by atoms with Crippen LogP contribution in [0.15, 0.2) is 46.2 Å². The molecule has 24 heavy (non-hydrogen) atoms. The average Bonchev–Trinajstić information content (AvgIpc) is 2.82. The molecule has 1 heterocycles. The number of hydrogen-bond donors (Lipinski definition) is 3. The number of phenols is 1. The van der Waals surface area contributed by atoms with E-state index in [1.165, 1.54) is 12.1 Å². The van der Waals surface area contributed by atoms with Gasteiger partial charge in [0, 0.05) is 4.90 Å². The molecule has 2 N–H and O–H groups in total. The SMILES string of the molecule is Cc1cc(S)ccc1Oc1ccc(/C=C2\SC(=O)NC2=O)cc1O. The highest BCUT2D eigenvalue weighted by Crippen LogP contribution is 2.35. The Hall–Kier alpha value is -2.38. The summed E-state index contributed by atoms with van der Waals surface area (Å²) in [6.07, 6.45) is 1.54. The van der Waals surface area contributed by atoms with Crippen LogP contribution in [0, 0.1) is 6.92 Å². The number of thioether (sulfide) groups is 1. The molecule has 1 fully saturated rings. The predicted molar refractivity (Wildman–Crippen MR) is 95.7 cm³/mol. The third kappa shape index (κ3) is 3.58. The Kier molecular flexibility index (Phi) is 4.55. The summed E-state index contributed by atoms with van der Waals surface area (Å²) in [5.74, 6) is 0.415. The molecular weight excluding hydrogens is 346 g/mol. The summed E-state index contributed by atoms with van der Waals surface area (Å²) < 4.78 is 5.71. The summed E-state index contributed by atoms with van der Waals surface area (Å²) in [5.41, 5.74) is 1.49. The van der Waals surface area contributed by atoms with Gasteiger partial charge >= 0.3 is 0 Å². The van der Waals surface area contributed by atoms with Crippen molar-refractivity contribution in [1.29, 1.82) is 0 Å². The summed E-state index contributed by atoms with van der Waals surface area (Å²) in [7, 11) is 0. The fraction of sp³-hybridized carbons (Fsp3) is 0.0588. The number of thiol groups is 1. The van der Waals surface area contributed by atoms with E-state index in [0.29, 0.717) is 17.1 Å². The molecule has 0 aromatic heterocycles. The summed E-state index contributed by atoms with van der Waals surface area (Å²) in [6, 6.07) is 10.2. The molecule has 2 amide bonds. The van der Waals surface area contributed by atoms with Crippen LogP contribution in [0.25, 0.3) is 6.08 Å². The van der Waals surface area contributed by atoms with Crippen LogP contribution in [-0.2, 0) is 4.79 Å². The van der Waals surface area contributed by atoms with Crippen LogP contribution in [0.2, 0.25) is 0 Å². The Balaban J connectivity index is 1.84. The highest BCUT2D eigenvalue weighted by atomic mass is 32.2. The van der Waals surface area contributed by atoms with Crippen molar-refractivity contribution in [2.75, 3.05) is 0 Å². The van der Waals surface area contributed by atoms with Crippen LogP contribution in [0.3, 0.4) is 0 Å². The molecule has 0 radical (unpaired) electrons. The van der Waals surface area contributed by atoms with Crippen molar-refractivity contribution < 1.29 is 19.4 Å². The summed E-state index contributed by atoms with van der Waals surface area (Å²) in [5, 5.41) is 11.9. The van der Waals surface area contributed by atoms with E-state index >= 15 is 0 Å². The van der Waals surface area contributed by atoms with E-state index < -0.39 is 11.1 Å². The van der Waals surface area contributed by atoms with Gasteiger partial charge in [0.1, 0.15) is 5.75 Å². The first-order valence-electron chi connectivity index (χ1n) is 6.98. The van der Waals surface area contributed by atoms with Crippen LogP contribution >= 0.6 is 24.4 Å². The number of nitrogens with one attached hydrogen (secondary N) is 1. The Bertz CT molecular complexity index is 877. The van der Waals surface area contributed by atoms with Gasteiger partial charge in [-0.1, -0.05) is 6.07 Å².